The fourth-order valence-electron chi connectivity index (χ4n) is 3.45. The first-order valence-electron chi connectivity index (χ1n) is 10.3. The maximum atomic E-state index is 12.4. The van der Waals surface area contributed by atoms with Gasteiger partial charge in [-0.3, -0.25) is 4.79 Å². The summed E-state index contributed by atoms with van der Waals surface area (Å²) in [5.74, 6) is 0.733. The van der Waals surface area contributed by atoms with Gasteiger partial charge in [-0.15, -0.1) is 0 Å². The lowest BCUT2D eigenvalue weighted by molar-refractivity contribution is -0.112. The number of nitrogens with one attached hydrogen (secondary N) is 2. The SMILES string of the molecule is C/C(=C/[C@H]1CC[C@H](CNC(=O)OC(C)(C)C)CC1)C(=O)Nc1ccc(CO)cc1. The maximum Gasteiger partial charge on any atom is 0.407 e. The van der Waals surface area contributed by atoms with Crippen LogP contribution in [0.25, 0.3) is 0 Å². The number of rotatable bonds is 6. The molecule has 3 N–H and O–H groups in total. The van der Waals surface area contributed by atoms with Crippen LogP contribution in [0.4, 0.5) is 10.5 Å². The summed E-state index contributed by atoms with van der Waals surface area (Å²) in [6.45, 7) is 8.03. The molecule has 29 heavy (non-hydrogen) atoms. The number of benzene rings is 1. The lowest BCUT2D eigenvalue weighted by Crippen LogP contribution is -2.36. The summed E-state index contributed by atoms with van der Waals surface area (Å²) in [7, 11) is 0. The van der Waals surface area contributed by atoms with Crippen LogP contribution >= 0.6 is 0 Å². The normalized spacial score (nSPS) is 20.1. The number of amides is 2. The number of ether oxygens (including phenoxy) is 1. The third-order valence-electron chi connectivity index (χ3n) is 5.06. The van der Waals surface area contributed by atoms with Crippen LogP contribution in [0, 0.1) is 11.8 Å². The van der Waals surface area contributed by atoms with Gasteiger partial charge in [-0.2, -0.15) is 0 Å². The number of alkyl carbamates (subject to hydrolysis) is 1. The molecule has 0 bridgehead atoms. The molecule has 6 heteroatoms. The molecule has 160 valence electrons. The Hall–Kier alpha value is -2.34. The van der Waals surface area contributed by atoms with E-state index in [-0.39, 0.29) is 18.6 Å². The highest BCUT2D eigenvalue weighted by Gasteiger charge is 2.22. The van der Waals surface area contributed by atoms with Gasteiger partial charge in [0, 0.05) is 17.8 Å². The van der Waals surface area contributed by atoms with Crippen LogP contribution < -0.4 is 10.6 Å². The minimum Gasteiger partial charge on any atom is -0.444 e. The number of carbonyl (C=O) groups excluding carboxylic acids is 2. The second-order valence-corrected chi connectivity index (χ2v) is 8.82. The van der Waals surface area contributed by atoms with Crippen LogP contribution in [0.1, 0.15) is 58.9 Å². The fraction of sp³-hybridized carbons (Fsp3) is 0.565. The smallest absolute Gasteiger partial charge is 0.407 e. The van der Waals surface area contributed by atoms with Gasteiger partial charge in [0.25, 0.3) is 5.91 Å². The average molecular weight is 403 g/mol. The second kappa shape index (κ2) is 10.4. The summed E-state index contributed by atoms with van der Waals surface area (Å²) in [6, 6.07) is 7.17. The molecule has 1 fully saturated rings. The van der Waals surface area contributed by atoms with Crippen LogP contribution in [0.15, 0.2) is 35.9 Å². The van der Waals surface area contributed by atoms with Gasteiger partial charge < -0.3 is 20.5 Å². The minimum atomic E-state index is -0.481. The van der Waals surface area contributed by atoms with Crippen molar-refractivity contribution in [2.24, 2.45) is 11.8 Å². The van der Waals surface area contributed by atoms with E-state index in [4.69, 9.17) is 9.84 Å². The first-order valence-corrected chi connectivity index (χ1v) is 10.3. The summed E-state index contributed by atoms with van der Waals surface area (Å²) >= 11 is 0. The Bertz CT molecular complexity index is 711. The van der Waals surface area contributed by atoms with Gasteiger partial charge in [0.1, 0.15) is 5.60 Å². The first kappa shape index (κ1) is 22.9. The Morgan fingerprint density at radius 2 is 1.76 bits per heavy atom. The van der Waals surface area contributed by atoms with Crippen molar-refractivity contribution in [1.29, 1.82) is 0 Å². The van der Waals surface area contributed by atoms with Gasteiger partial charge in [0.2, 0.25) is 0 Å². The van der Waals surface area contributed by atoms with Crippen LogP contribution in [0.3, 0.4) is 0 Å². The van der Waals surface area contributed by atoms with Crippen LogP contribution in [0.2, 0.25) is 0 Å². The molecular formula is C23H34N2O4. The molecule has 2 rings (SSSR count). The average Bonchev–Trinajstić information content (AvgIpc) is 2.66. The molecule has 0 aliphatic heterocycles. The molecule has 0 unspecified atom stereocenters. The van der Waals surface area contributed by atoms with Crippen molar-refractivity contribution >= 4 is 17.7 Å². The lowest BCUT2D eigenvalue weighted by Gasteiger charge is -2.28. The van der Waals surface area contributed by atoms with Crippen molar-refractivity contribution in [2.45, 2.75) is 65.6 Å². The quantitative estimate of drug-likeness (QED) is 0.616. The number of allylic oxidation sites excluding steroid dienone is 1. The number of hydrogen-bond acceptors (Lipinski definition) is 4. The number of carbonyl (C=O) groups is 2. The van der Waals surface area contributed by atoms with E-state index in [0.29, 0.717) is 24.0 Å². The van der Waals surface area contributed by atoms with Gasteiger partial charge in [-0.05, 0) is 82.9 Å². The summed E-state index contributed by atoms with van der Waals surface area (Å²) < 4.78 is 5.27. The Kier molecular flexibility index (Phi) is 8.26. The van der Waals surface area contributed by atoms with Crippen molar-refractivity contribution in [3.63, 3.8) is 0 Å². The van der Waals surface area contributed by atoms with Crippen LogP contribution in [0.5, 0.6) is 0 Å². The van der Waals surface area contributed by atoms with E-state index in [0.717, 1.165) is 36.9 Å². The van der Waals surface area contributed by atoms with Crippen LogP contribution in [-0.2, 0) is 16.1 Å². The molecule has 0 saturated heterocycles. The Morgan fingerprint density at radius 3 is 2.31 bits per heavy atom. The van der Waals surface area contributed by atoms with Crippen molar-refractivity contribution in [1.82, 2.24) is 5.32 Å². The molecule has 1 aromatic rings. The highest BCUT2D eigenvalue weighted by atomic mass is 16.6. The van der Waals surface area contributed by atoms with E-state index in [1.54, 1.807) is 24.3 Å². The van der Waals surface area contributed by atoms with E-state index in [9.17, 15) is 9.59 Å². The summed E-state index contributed by atoms with van der Waals surface area (Å²) in [5.41, 5.74) is 1.77. The lowest BCUT2D eigenvalue weighted by atomic mass is 9.81. The van der Waals surface area contributed by atoms with Gasteiger partial charge in [-0.1, -0.05) is 18.2 Å². The van der Waals surface area contributed by atoms with E-state index in [1.165, 1.54) is 0 Å². The Balaban J connectivity index is 1.75. The third kappa shape index (κ3) is 8.28. The molecule has 1 aliphatic rings. The largest absolute Gasteiger partial charge is 0.444 e. The highest BCUT2D eigenvalue weighted by Crippen LogP contribution is 2.30. The van der Waals surface area contributed by atoms with Crippen LogP contribution in [-0.4, -0.2) is 29.3 Å². The van der Waals surface area contributed by atoms with Crippen molar-refractivity contribution in [3.8, 4) is 0 Å². The Labute approximate surface area is 173 Å². The van der Waals surface area contributed by atoms with Gasteiger partial charge in [0.15, 0.2) is 0 Å². The van der Waals surface area contributed by atoms with Gasteiger partial charge >= 0.3 is 6.09 Å². The number of aliphatic hydroxyl groups excluding tert-OH is 1. The van der Waals surface area contributed by atoms with Crippen molar-refractivity contribution in [2.75, 3.05) is 11.9 Å². The zero-order valence-corrected chi connectivity index (χ0v) is 18.0. The van der Waals surface area contributed by atoms with Crippen molar-refractivity contribution < 1.29 is 19.4 Å². The van der Waals surface area contributed by atoms with E-state index in [2.05, 4.69) is 16.7 Å². The molecule has 0 aromatic heterocycles. The summed E-state index contributed by atoms with van der Waals surface area (Å²) in [6.07, 6.45) is 5.77. The maximum absolute atomic E-state index is 12.4. The Morgan fingerprint density at radius 1 is 1.14 bits per heavy atom. The molecule has 0 heterocycles. The van der Waals surface area contributed by atoms with E-state index in [1.807, 2.05) is 27.7 Å². The van der Waals surface area contributed by atoms with Crippen molar-refractivity contribution in [3.05, 3.63) is 41.5 Å². The predicted molar refractivity (Wildman–Crippen MR) is 114 cm³/mol. The predicted octanol–water partition coefficient (Wildman–Crippen LogP) is 4.39. The minimum absolute atomic E-state index is 0.0108. The molecule has 6 nitrogen and oxygen atoms in total. The molecule has 0 atom stereocenters. The summed E-state index contributed by atoms with van der Waals surface area (Å²) in [4.78, 5) is 24.2. The first-order chi connectivity index (χ1) is 13.7. The van der Waals surface area contributed by atoms with E-state index < -0.39 is 5.60 Å². The molecular weight excluding hydrogens is 368 g/mol. The fourth-order valence-corrected chi connectivity index (χ4v) is 3.45. The second-order valence-electron chi connectivity index (χ2n) is 8.82. The van der Waals surface area contributed by atoms with E-state index >= 15 is 0 Å². The molecule has 1 aliphatic carbocycles. The molecule has 1 aromatic carbocycles. The zero-order chi connectivity index (χ0) is 21.4. The zero-order valence-electron chi connectivity index (χ0n) is 18.0. The number of anilines is 1. The standard InChI is InChI=1S/C23H34N2O4/c1-16(21(27)25-20-11-9-19(15-26)10-12-20)13-17-5-7-18(8-6-17)14-24-22(28)29-23(2,3)4/h9-13,17-18,26H,5-8,14-15H2,1-4H3,(H,24,28)(H,25,27)/b16-13-/t17-,18-. The number of hydrogen-bond donors (Lipinski definition) is 3. The monoisotopic (exact) mass is 402 g/mol. The summed E-state index contributed by atoms with van der Waals surface area (Å²) in [5, 5.41) is 14.8. The molecule has 0 spiro atoms. The van der Waals surface area contributed by atoms with Gasteiger partial charge in [0.05, 0.1) is 6.61 Å². The topological polar surface area (TPSA) is 87.7 Å². The third-order valence-corrected chi connectivity index (χ3v) is 5.06. The molecule has 1 saturated carbocycles. The van der Waals surface area contributed by atoms with Gasteiger partial charge in [-0.25, -0.2) is 4.79 Å². The highest BCUT2D eigenvalue weighted by molar-refractivity contribution is 6.03. The molecule has 0 radical (unpaired) electrons. The number of aliphatic hydroxyl groups is 1. The molecule has 2 amide bonds.